The molecule has 0 spiro atoms. The highest BCUT2D eigenvalue weighted by Crippen LogP contribution is 2.29. The molecule has 2 aromatic heterocycles. The summed E-state index contributed by atoms with van der Waals surface area (Å²) in [6.45, 7) is 1.62. The largest absolute Gasteiger partial charge is 0.337 e. The van der Waals surface area contributed by atoms with Crippen LogP contribution in [0.3, 0.4) is 0 Å². The fourth-order valence-electron chi connectivity index (χ4n) is 3.81. The monoisotopic (exact) mass is 479 g/mol. The summed E-state index contributed by atoms with van der Waals surface area (Å²) in [4.78, 5) is 8.02. The van der Waals surface area contributed by atoms with Crippen LogP contribution in [-0.2, 0) is 9.84 Å². The Morgan fingerprint density at radius 1 is 1.03 bits per heavy atom. The molecular formula is C27H21N5O2S. The maximum Gasteiger partial charge on any atom is 0.178 e. The smallest absolute Gasteiger partial charge is 0.178 e. The number of aromatic amines is 1. The highest BCUT2D eigenvalue weighted by Gasteiger charge is 2.16. The van der Waals surface area contributed by atoms with Crippen LogP contribution in [0.1, 0.15) is 18.3 Å². The zero-order valence-electron chi connectivity index (χ0n) is 18.9. The van der Waals surface area contributed by atoms with E-state index in [1.54, 1.807) is 41.9 Å². The van der Waals surface area contributed by atoms with Gasteiger partial charge in [0.15, 0.2) is 9.84 Å². The summed E-state index contributed by atoms with van der Waals surface area (Å²) in [7, 11) is -3.31. The lowest BCUT2D eigenvalue weighted by Crippen LogP contribution is -2.03. The Balaban J connectivity index is 1.64. The molecule has 0 aliphatic carbocycles. The SMILES string of the molecule is CCS(=O)(=O)c1ccc(-c2nn(-c3ccccc3)cc2C=C(C#N)c2nc3ccccc3[nH]2)cc1. The summed E-state index contributed by atoms with van der Waals surface area (Å²) in [6, 6.07) is 26.1. The van der Waals surface area contributed by atoms with E-state index in [1.165, 1.54) is 0 Å². The van der Waals surface area contributed by atoms with Crippen LogP contribution in [0, 0.1) is 11.3 Å². The molecule has 35 heavy (non-hydrogen) atoms. The summed E-state index contributed by atoms with van der Waals surface area (Å²) in [6.07, 6.45) is 3.59. The number of hydrogen-bond acceptors (Lipinski definition) is 5. The second-order valence-electron chi connectivity index (χ2n) is 7.91. The molecule has 0 atom stereocenters. The van der Waals surface area contributed by atoms with Crippen LogP contribution in [0.15, 0.2) is 90.0 Å². The molecule has 3 aromatic carbocycles. The van der Waals surface area contributed by atoms with E-state index < -0.39 is 9.84 Å². The number of rotatable bonds is 6. The Labute approximate surface area is 202 Å². The van der Waals surface area contributed by atoms with Crippen LogP contribution in [0.5, 0.6) is 0 Å². The molecule has 8 heteroatoms. The van der Waals surface area contributed by atoms with E-state index >= 15 is 0 Å². The van der Waals surface area contributed by atoms with Crippen molar-refractivity contribution in [1.29, 1.82) is 5.26 Å². The van der Waals surface area contributed by atoms with Gasteiger partial charge in [0.1, 0.15) is 11.9 Å². The number of aromatic nitrogens is 4. The Morgan fingerprint density at radius 3 is 2.43 bits per heavy atom. The first kappa shape index (κ1) is 22.3. The van der Waals surface area contributed by atoms with Crippen LogP contribution >= 0.6 is 0 Å². The van der Waals surface area contributed by atoms with Crippen LogP contribution < -0.4 is 0 Å². The molecule has 0 aliphatic heterocycles. The van der Waals surface area contributed by atoms with E-state index in [2.05, 4.69) is 16.0 Å². The fourth-order valence-corrected chi connectivity index (χ4v) is 4.69. The van der Waals surface area contributed by atoms with Crippen molar-refractivity contribution in [2.24, 2.45) is 0 Å². The topological polar surface area (TPSA) is 104 Å². The third kappa shape index (κ3) is 4.37. The molecule has 172 valence electrons. The number of fused-ring (bicyclic) bond motifs is 1. The lowest BCUT2D eigenvalue weighted by atomic mass is 10.1. The minimum Gasteiger partial charge on any atom is -0.337 e. The number of hydrogen-bond donors (Lipinski definition) is 1. The van der Waals surface area contributed by atoms with Gasteiger partial charge in [-0.3, -0.25) is 0 Å². The Bertz CT molecular complexity index is 1660. The average molecular weight is 480 g/mol. The van der Waals surface area contributed by atoms with Gasteiger partial charge < -0.3 is 4.98 Å². The Hall–Kier alpha value is -4.48. The number of sulfone groups is 1. The molecule has 0 fully saturated rings. The number of nitrogens with one attached hydrogen (secondary N) is 1. The minimum absolute atomic E-state index is 0.0337. The average Bonchev–Trinajstić information content (AvgIpc) is 3.52. The fraction of sp³-hybridized carbons (Fsp3) is 0.0741. The number of allylic oxidation sites excluding steroid dienone is 1. The zero-order chi connectivity index (χ0) is 24.4. The molecule has 0 radical (unpaired) electrons. The quantitative estimate of drug-likeness (QED) is 0.334. The molecule has 5 aromatic rings. The molecule has 7 nitrogen and oxygen atoms in total. The number of imidazole rings is 1. The lowest BCUT2D eigenvalue weighted by molar-refractivity contribution is 0.597. The molecule has 0 aliphatic rings. The van der Waals surface area contributed by atoms with Gasteiger partial charge in [-0.1, -0.05) is 49.4 Å². The minimum atomic E-state index is -3.31. The van der Waals surface area contributed by atoms with Gasteiger partial charge >= 0.3 is 0 Å². The predicted octanol–water partition coefficient (Wildman–Crippen LogP) is 5.27. The van der Waals surface area contributed by atoms with Crippen molar-refractivity contribution in [2.75, 3.05) is 5.75 Å². The second-order valence-corrected chi connectivity index (χ2v) is 10.2. The van der Waals surface area contributed by atoms with Gasteiger partial charge in [0.25, 0.3) is 0 Å². The highest BCUT2D eigenvalue weighted by molar-refractivity contribution is 7.91. The summed E-state index contributed by atoms with van der Waals surface area (Å²) < 4.78 is 26.2. The van der Waals surface area contributed by atoms with Gasteiger partial charge in [0.2, 0.25) is 0 Å². The third-order valence-corrected chi connectivity index (χ3v) is 7.45. The van der Waals surface area contributed by atoms with Gasteiger partial charge in [-0.2, -0.15) is 10.4 Å². The first-order valence-corrected chi connectivity index (χ1v) is 12.7. The number of para-hydroxylation sites is 3. The number of nitriles is 1. The van der Waals surface area contributed by atoms with E-state index in [9.17, 15) is 13.7 Å². The molecule has 0 bridgehead atoms. The molecule has 5 rings (SSSR count). The Morgan fingerprint density at radius 2 is 1.74 bits per heavy atom. The first-order valence-electron chi connectivity index (χ1n) is 11.0. The van der Waals surface area contributed by atoms with Crippen molar-refractivity contribution in [1.82, 2.24) is 19.7 Å². The van der Waals surface area contributed by atoms with Crippen molar-refractivity contribution in [3.8, 4) is 23.0 Å². The van der Waals surface area contributed by atoms with E-state index in [0.717, 1.165) is 22.3 Å². The number of H-pyrrole nitrogens is 1. The predicted molar refractivity (Wildman–Crippen MR) is 136 cm³/mol. The summed E-state index contributed by atoms with van der Waals surface area (Å²) in [5.74, 6) is 0.503. The third-order valence-electron chi connectivity index (χ3n) is 5.69. The summed E-state index contributed by atoms with van der Waals surface area (Å²) in [5, 5.41) is 14.7. The normalized spacial score (nSPS) is 12.1. The van der Waals surface area contributed by atoms with Crippen molar-refractivity contribution < 1.29 is 8.42 Å². The Kier molecular flexibility index (Phi) is 5.77. The van der Waals surface area contributed by atoms with E-state index in [4.69, 9.17) is 5.10 Å². The zero-order valence-corrected chi connectivity index (χ0v) is 19.7. The van der Waals surface area contributed by atoms with Crippen LogP contribution in [0.4, 0.5) is 0 Å². The van der Waals surface area contributed by atoms with Crippen LogP contribution in [-0.4, -0.2) is 33.9 Å². The van der Waals surface area contributed by atoms with Crippen molar-refractivity contribution in [3.63, 3.8) is 0 Å². The molecule has 2 heterocycles. The second kappa shape index (κ2) is 9.05. The lowest BCUT2D eigenvalue weighted by Gasteiger charge is -2.04. The van der Waals surface area contributed by atoms with Gasteiger partial charge in [0, 0.05) is 17.3 Å². The highest BCUT2D eigenvalue weighted by atomic mass is 32.2. The van der Waals surface area contributed by atoms with Crippen LogP contribution in [0.25, 0.3) is 39.6 Å². The molecule has 0 unspecified atom stereocenters. The van der Waals surface area contributed by atoms with Crippen molar-refractivity contribution >= 4 is 32.5 Å². The van der Waals surface area contributed by atoms with Crippen LogP contribution in [0.2, 0.25) is 0 Å². The molecular weight excluding hydrogens is 458 g/mol. The van der Waals surface area contributed by atoms with E-state index in [0.29, 0.717) is 22.7 Å². The van der Waals surface area contributed by atoms with Gasteiger partial charge in [-0.05, 0) is 42.5 Å². The van der Waals surface area contributed by atoms with Gasteiger partial charge in [0.05, 0.1) is 38.6 Å². The standard InChI is InChI=1S/C27H21N5O2S/c1-2-35(33,34)23-14-12-19(13-15-23)26-21(18-32(31-26)22-8-4-3-5-9-22)16-20(17-28)27-29-24-10-6-7-11-25(24)30-27/h3-16,18H,2H2,1H3,(H,29,30). The summed E-state index contributed by atoms with van der Waals surface area (Å²) in [5.41, 5.74) is 4.91. The number of benzene rings is 3. The van der Waals surface area contributed by atoms with E-state index in [-0.39, 0.29) is 10.6 Å². The maximum atomic E-state index is 12.2. The van der Waals surface area contributed by atoms with E-state index in [1.807, 2.05) is 60.8 Å². The van der Waals surface area contributed by atoms with Gasteiger partial charge in [-0.25, -0.2) is 18.1 Å². The van der Waals surface area contributed by atoms with Crippen molar-refractivity contribution in [2.45, 2.75) is 11.8 Å². The molecule has 0 saturated carbocycles. The van der Waals surface area contributed by atoms with Crippen molar-refractivity contribution in [3.05, 3.63) is 96.4 Å². The molecule has 0 saturated heterocycles. The number of nitrogens with zero attached hydrogens (tertiary/aromatic N) is 4. The molecule has 1 N–H and O–H groups in total. The maximum absolute atomic E-state index is 12.2. The first-order chi connectivity index (χ1) is 17.0. The summed E-state index contributed by atoms with van der Waals surface area (Å²) >= 11 is 0. The molecule has 0 amide bonds. The van der Waals surface area contributed by atoms with Gasteiger partial charge in [-0.15, -0.1) is 0 Å².